The average Bonchev–Trinajstić information content (AvgIpc) is 2.83. The molecular formula is C15H29NO3. The molecule has 2 heterocycles. The van der Waals surface area contributed by atoms with Crippen LogP contribution in [0.1, 0.15) is 47.5 Å². The molecule has 112 valence electrons. The molecule has 2 rings (SSSR count). The Balaban J connectivity index is 2.05. The summed E-state index contributed by atoms with van der Waals surface area (Å²) in [6, 6.07) is 0.380. The summed E-state index contributed by atoms with van der Waals surface area (Å²) in [5, 5.41) is 3.60. The van der Waals surface area contributed by atoms with Crippen molar-refractivity contribution in [3.05, 3.63) is 0 Å². The molecule has 2 saturated heterocycles. The van der Waals surface area contributed by atoms with Gasteiger partial charge in [0, 0.05) is 18.4 Å². The van der Waals surface area contributed by atoms with Gasteiger partial charge in [0.15, 0.2) is 6.29 Å². The topological polar surface area (TPSA) is 39.7 Å². The lowest BCUT2D eigenvalue weighted by atomic mass is 9.80. The van der Waals surface area contributed by atoms with Gasteiger partial charge in [0.25, 0.3) is 0 Å². The molecule has 2 aliphatic rings. The van der Waals surface area contributed by atoms with Crippen LogP contribution in [0.4, 0.5) is 0 Å². The van der Waals surface area contributed by atoms with Crippen molar-refractivity contribution in [3.8, 4) is 0 Å². The number of hydrogen-bond acceptors (Lipinski definition) is 4. The second-order valence-electron chi connectivity index (χ2n) is 6.85. The van der Waals surface area contributed by atoms with E-state index < -0.39 is 0 Å². The third-order valence-electron chi connectivity index (χ3n) is 4.23. The molecule has 0 bridgehead atoms. The lowest BCUT2D eigenvalue weighted by Gasteiger charge is -2.34. The van der Waals surface area contributed by atoms with Gasteiger partial charge in [-0.25, -0.2) is 0 Å². The van der Waals surface area contributed by atoms with Gasteiger partial charge in [-0.1, -0.05) is 6.92 Å². The van der Waals surface area contributed by atoms with E-state index in [2.05, 4.69) is 39.9 Å². The predicted octanol–water partition coefficient (Wildman–Crippen LogP) is 2.32. The summed E-state index contributed by atoms with van der Waals surface area (Å²) in [5.41, 5.74) is -0.145. The summed E-state index contributed by atoms with van der Waals surface area (Å²) in [6.07, 6.45) is 1.93. The van der Waals surface area contributed by atoms with E-state index in [0.29, 0.717) is 12.0 Å². The summed E-state index contributed by atoms with van der Waals surface area (Å²) >= 11 is 0. The second kappa shape index (κ2) is 5.68. The van der Waals surface area contributed by atoms with Crippen LogP contribution in [-0.4, -0.2) is 43.3 Å². The van der Waals surface area contributed by atoms with E-state index >= 15 is 0 Å². The van der Waals surface area contributed by atoms with Crippen molar-refractivity contribution in [1.29, 1.82) is 0 Å². The van der Waals surface area contributed by atoms with E-state index in [4.69, 9.17) is 14.2 Å². The molecule has 1 N–H and O–H groups in total. The normalized spacial score (nSPS) is 31.7. The van der Waals surface area contributed by atoms with Crippen LogP contribution in [0, 0.1) is 5.92 Å². The highest BCUT2D eigenvalue weighted by Crippen LogP contribution is 2.44. The molecule has 19 heavy (non-hydrogen) atoms. The number of nitrogens with one attached hydrogen (secondary N) is 1. The van der Waals surface area contributed by atoms with Crippen LogP contribution < -0.4 is 5.32 Å². The van der Waals surface area contributed by atoms with Crippen LogP contribution in [0.5, 0.6) is 0 Å². The second-order valence-corrected chi connectivity index (χ2v) is 6.85. The van der Waals surface area contributed by atoms with Crippen LogP contribution >= 0.6 is 0 Å². The zero-order chi connectivity index (χ0) is 14.1. The lowest BCUT2D eigenvalue weighted by molar-refractivity contribution is -0.0871. The maximum absolute atomic E-state index is 6.22. The van der Waals surface area contributed by atoms with E-state index in [-0.39, 0.29) is 17.5 Å². The number of rotatable bonds is 5. The van der Waals surface area contributed by atoms with E-state index in [0.717, 1.165) is 32.6 Å². The predicted molar refractivity (Wildman–Crippen MR) is 75.1 cm³/mol. The third kappa shape index (κ3) is 3.69. The molecule has 0 amide bonds. The molecule has 0 aliphatic carbocycles. The van der Waals surface area contributed by atoms with Crippen LogP contribution in [0.2, 0.25) is 0 Å². The number of ether oxygens (including phenoxy) is 3. The van der Waals surface area contributed by atoms with Crippen molar-refractivity contribution in [1.82, 2.24) is 5.32 Å². The Morgan fingerprint density at radius 1 is 1.16 bits per heavy atom. The third-order valence-corrected chi connectivity index (χ3v) is 4.23. The minimum atomic E-state index is -0.102. The summed E-state index contributed by atoms with van der Waals surface area (Å²) in [6.45, 7) is 13.3. The fourth-order valence-corrected chi connectivity index (χ4v) is 3.63. The van der Waals surface area contributed by atoms with Gasteiger partial charge in [0.05, 0.1) is 24.4 Å². The first-order valence-electron chi connectivity index (χ1n) is 7.51. The van der Waals surface area contributed by atoms with Crippen LogP contribution in [0.3, 0.4) is 0 Å². The van der Waals surface area contributed by atoms with Gasteiger partial charge in [-0.3, -0.25) is 0 Å². The lowest BCUT2D eigenvalue weighted by Crippen LogP contribution is -2.46. The van der Waals surface area contributed by atoms with Crippen LogP contribution in [-0.2, 0) is 14.2 Å². The fraction of sp³-hybridized carbons (Fsp3) is 1.00. The molecule has 2 aliphatic heterocycles. The first-order chi connectivity index (χ1) is 8.84. The monoisotopic (exact) mass is 271 g/mol. The van der Waals surface area contributed by atoms with Crippen molar-refractivity contribution in [3.63, 3.8) is 0 Å². The highest BCUT2D eigenvalue weighted by molar-refractivity contribution is 4.99. The van der Waals surface area contributed by atoms with Gasteiger partial charge >= 0.3 is 0 Å². The maximum Gasteiger partial charge on any atom is 0.159 e. The highest BCUT2D eigenvalue weighted by Gasteiger charge is 2.49. The summed E-state index contributed by atoms with van der Waals surface area (Å²) in [5.74, 6) is 0.482. The summed E-state index contributed by atoms with van der Waals surface area (Å²) < 4.78 is 17.4. The van der Waals surface area contributed by atoms with Gasteiger partial charge in [-0.2, -0.15) is 0 Å². The molecule has 2 atom stereocenters. The molecule has 0 aromatic rings. The Morgan fingerprint density at radius 3 is 2.26 bits per heavy atom. The van der Waals surface area contributed by atoms with E-state index in [1.165, 1.54) is 0 Å². The minimum absolute atomic E-state index is 0.0424. The van der Waals surface area contributed by atoms with Crippen molar-refractivity contribution in [2.24, 2.45) is 5.92 Å². The van der Waals surface area contributed by atoms with E-state index in [9.17, 15) is 0 Å². The van der Waals surface area contributed by atoms with Crippen molar-refractivity contribution in [2.45, 2.75) is 71.0 Å². The Hall–Kier alpha value is -0.160. The highest BCUT2D eigenvalue weighted by atomic mass is 16.7. The Bertz CT molecular complexity index is 298. The Kier molecular flexibility index (Phi) is 4.56. The first kappa shape index (κ1) is 15.2. The zero-order valence-corrected chi connectivity index (χ0v) is 13.0. The van der Waals surface area contributed by atoms with Gasteiger partial charge in [-0.15, -0.1) is 0 Å². The summed E-state index contributed by atoms with van der Waals surface area (Å²) in [7, 11) is 0. The number of hydrogen-bond donors (Lipinski definition) is 1. The fourth-order valence-electron chi connectivity index (χ4n) is 3.63. The van der Waals surface area contributed by atoms with E-state index in [1.807, 2.05) is 0 Å². The standard InChI is InChI=1S/C15H29NO3/c1-6-16-12(9-13-17-7-8-18-13)11-10-14(2,3)19-15(11,4)5/h11-13,16H,6-10H2,1-5H3. The molecule has 2 fully saturated rings. The van der Waals surface area contributed by atoms with Crippen molar-refractivity contribution < 1.29 is 14.2 Å². The molecule has 0 radical (unpaired) electrons. The van der Waals surface area contributed by atoms with Gasteiger partial charge in [-0.05, 0) is 40.7 Å². The van der Waals surface area contributed by atoms with Gasteiger partial charge < -0.3 is 19.5 Å². The largest absolute Gasteiger partial charge is 0.369 e. The van der Waals surface area contributed by atoms with Crippen molar-refractivity contribution >= 4 is 0 Å². The average molecular weight is 271 g/mol. The molecular weight excluding hydrogens is 242 g/mol. The SMILES string of the molecule is CCNC(CC1OCCO1)C1CC(C)(C)OC1(C)C. The molecule has 0 spiro atoms. The zero-order valence-electron chi connectivity index (χ0n) is 13.0. The van der Waals surface area contributed by atoms with Crippen LogP contribution in [0.15, 0.2) is 0 Å². The summed E-state index contributed by atoms with van der Waals surface area (Å²) in [4.78, 5) is 0. The smallest absolute Gasteiger partial charge is 0.159 e. The Labute approximate surface area is 117 Å². The molecule has 0 saturated carbocycles. The molecule has 0 aromatic carbocycles. The molecule has 4 heteroatoms. The maximum atomic E-state index is 6.22. The molecule has 0 aromatic heterocycles. The molecule has 2 unspecified atom stereocenters. The van der Waals surface area contributed by atoms with Gasteiger partial charge in [0.2, 0.25) is 0 Å². The quantitative estimate of drug-likeness (QED) is 0.833. The minimum Gasteiger partial charge on any atom is -0.369 e. The Morgan fingerprint density at radius 2 is 1.79 bits per heavy atom. The van der Waals surface area contributed by atoms with Crippen molar-refractivity contribution in [2.75, 3.05) is 19.8 Å². The first-order valence-corrected chi connectivity index (χ1v) is 7.51. The van der Waals surface area contributed by atoms with E-state index in [1.54, 1.807) is 0 Å². The van der Waals surface area contributed by atoms with Crippen LogP contribution in [0.25, 0.3) is 0 Å². The van der Waals surface area contributed by atoms with Gasteiger partial charge in [0.1, 0.15) is 0 Å². The molecule has 4 nitrogen and oxygen atoms in total.